The van der Waals surface area contributed by atoms with Gasteiger partial charge in [-0.15, -0.1) is 0 Å². The van der Waals surface area contributed by atoms with E-state index < -0.39 is 0 Å². The second-order valence-electron chi connectivity index (χ2n) is 6.18. The highest BCUT2D eigenvalue weighted by molar-refractivity contribution is 6.31. The number of hydrogen-bond acceptors (Lipinski definition) is 3. The Kier molecular flexibility index (Phi) is 4.23. The molecule has 2 rings (SSSR count). The minimum Gasteiger partial charge on any atom is -0.309 e. The van der Waals surface area contributed by atoms with Gasteiger partial charge in [0.15, 0.2) is 0 Å². The Morgan fingerprint density at radius 1 is 1.47 bits per heavy atom. The first kappa shape index (κ1) is 14.8. The van der Waals surface area contributed by atoms with Crippen LogP contribution in [0.4, 0.5) is 0 Å². The zero-order chi connectivity index (χ0) is 14.2. The summed E-state index contributed by atoms with van der Waals surface area (Å²) in [5.74, 6) is 0. The number of hydrogen-bond donors (Lipinski definition) is 1. The molecule has 1 aromatic heterocycles. The number of piperazine rings is 1. The third-order valence-corrected chi connectivity index (χ3v) is 4.40. The summed E-state index contributed by atoms with van der Waals surface area (Å²) in [6.07, 6.45) is 0. The van der Waals surface area contributed by atoms with Gasteiger partial charge in [0.25, 0.3) is 0 Å². The number of rotatable bonds is 3. The van der Waals surface area contributed by atoms with Gasteiger partial charge in [-0.3, -0.25) is 9.58 Å². The number of halogens is 1. The van der Waals surface area contributed by atoms with Crippen molar-refractivity contribution in [2.24, 2.45) is 0 Å². The molecule has 1 aliphatic heterocycles. The molecule has 0 bridgehead atoms. The fourth-order valence-corrected chi connectivity index (χ4v) is 2.89. The molecule has 0 radical (unpaired) electrons. The van der Waals surface area contributed by atoms with E-state index in [4.69, 9.17) is 11.6 Å². The second-order valence-corrected chi connectivity index (χ2v) is 6.56. The van der Waals surface area contributed by atoms with E-state index >= 15 is 0 Å². The molecular formula is C14H25ClN4. The van der Waals surface area contributed by atoms with Crippen molar-refractivity contribution < 1.29 is 0 Å². The summed E-state index contributed by atoms with van der Waals surface area (Å²) in [7, 11) is 0. The van der Waals surface area contributed by atoms with Gasteiger partial charge in [0, 0.05) is 37.8 Å². The third kappa shape index (κ3) is 3.12. The lowest BCUT2D eigenvalue weighted by molar-refractivity contribution is 0.0950. The Morgan fingerprint density at radius 2 is 2.16 bits per heavy atom. The van der Waals surface area contributed by atoms with Crippen molar-refractivity contribution in [2.45, 2.75) is 59.3 Å². The van der Waals surface area contributed by atoms with Crippen LogP contribution in [-0.2, 0) is 13.1 Å². The number of nitrogens with one attached hydrogen (secondary N) is 1. The topological polar surface area (TPSA) is 33.1 Å². The van der Waals surface area contributed by atoms with Gasteiger partial charge in [-0.1, -0.05) is 11.6 Å². The minimum absolute atomic E-state index is 0.158. The zero-order valence-electron chi connectivity index (χ0n) is 12.6. The van der Waals surface area contributed by atoms with Crippen molar-refractivity contribution in [3.05, 3.63) is 16.4 Å². The van der Waals surface area contributed by atoms with Crippen LogP contribution in [-0.4, -0.2) is 39.4 Å². The molecule has 1 N–H and O–H groups in total. The summed E-state index contributed by atoms with van der Waals surface area (Å²) in [4.78, 5) is 2.49. The van der Waals surface area contributed by atoms with Crippen LogP contribution in [0.5, 0.6) is 0 Å². The van der Waals surface area contributed by atoms with Crippen molar-refractivity contribution in [2.75, 3.05) is 13.1 Å². The van der Waals surface area contributed by atoms with Crippen LogP contribution in [0.15, 0.2) is 0 Å². The van der Waals surface area contributed by atoms with Gasteiger partial charge >= 0.3 is 0 Å². The molecule has 1 unspecified atom stereocenters. The molecule has 1 saturated heterocycles. The summed E-state index contributed by atoms with van der Waals surface area (Å²) in [5, 5.41) is 8.90. The summed E-state index contributed by atoms with van der Waals surface area (Å²) in [6.45, 7) is 14.6. The zero-order valence-corrected chi connectivity index (χ0v) is 13.4. The maximum absolute atomic E-state index is 6.41. The molecule has 2 heterocycles. The highest BCUT2D eigenvalue weighted by Gasteiger charge is 2.31. The molecule has 0 aliphatic carbocycles. The summed E-state index contributed by atoms with van der Waals surface area (Å²) in [5.41, 5.74) is 2.23. The molecule has 108 valence electrons. The van der Waals surface area contributed by atoms with Crippen molar-refractivity contribution >= 4 is 11.6 Å². The van der Waals surface area contributed by atoms with E-state index in [-0.39, 0.29) is 5.54 Å². The van der Waals surface area contributed by atoms with E-state index in [0.717, 1.165) is 42.6 Å². The average Bonchev–Trinajstić information content (AvgIpc) is 2.61. The van der Waals surface area contributed by atoms with Gasteiger partial charge in [-0.05, 0) is 34.6 Å². The fourth-order valence-electron chi connectivity index (χ4n) is 2.70. The van der Waals surface area contributed by atoms with Gasteiger partial charge < -0.3 is 5.32 Å². The largest absolute Gasteiger partial charge is 0.309 e. The smallest absolute Gasteiger partial charge is 0.0860 e. The molecule has 0 spiro atoms. The van der Waals surface area contributed by atoms with E-state index in [2.05, 4.69) is 43.0 Å². The van der Waals surface area contributed by atoms with E-state index in [1.807, 2.05) is 11.6 Å². The van der Waals surface area contributed by atoms with E-state index in [1.54, 1.807) is 0 Å². The lowest BCUT2D eigenvalue weighted by Gasteiger charge is -2.43. The van der Waals surface area contributed by atoms with E-state index in [0.29, 0.717) is 6.04 Å². The molecular weight excluding hydrogens is 260 g/mol. The van der Waals surface area contributed by atoms with E-state index in [9.17, 15) is 0 Å². The van der Waals surface area contributed by atoms with Crippen LogP contribution in [0, 0.1) is 6.92 Å². The van der Waals surface area contributed by atoms with Gasteiger partial charge in [0.05, 0.1) is 16.4 Å². The summed E-state index contributed by atoms with van der Waals surface area (Å²) in [6, 6.07) is 0.518. The van der Waals surface area contributed by atoms with Crippen molar-refractivity contribution in [3.8, 4) is 0 Å². The van der Waals surface area contributed by atoms with Crippen LogP contribution in [0.1, 0.15) is 39.1 Å². The van der Waals surface area contributed by atoms with Crippen LogP contribution in [0.2, 0.25) is 5.02 Å². The highest BCUT2D eigenvalue weighted by Crippen LogP contribution is 2.24. The van der Waals surface area contributed by atoms with Crippen molar-refractivity contribution in [1.29, 1.82) is 0 Å². The van der Waals surface area contributed by atoms with E-state index in [1.165, 1.54) is 0 Å². The van der Waals surface area contributed by atoms with Crippen molar-refractivity contribution in [3.63, 3.8) is 0 Å². The molecule has 1 aliphatic rings. The molecule has 0 amide bonds. The summed E-state index contributed by atoms with van der Waals surface area (Å²) >= 11 is 6.41. The first-order chi connectivity index (χ1) is 8.84. The first-order valence-corrected chi connectivity index (χ1v) is 7.42. The summed E-state index contributed by atoms with van der Waals surface area (Å²) < 4.78 is 2.03. The second kappa shape index (κ2) is 5.43. The number of aromatic nitrogens is 2. The third-order valence-electron chi connectivity index (χ3n) is 3.90. The van der Waals surface area contributed by atoms with Crippen LogP contribution in [0.3, 0.4) is 0 Å². The lowest BCUT2D eigenvalue weighted by atomic mass is 9.99. The molecule has 5 heteroatoms. The van der Waals surface area contributed by atoms with Gasteiger partial charge in [-0.25, -0.2) is 0 Å². The van der Waals surface area contributed by atoms with Gasteiger partial charge in [0.1, 0.15) is 0 Å². The number of aryl methyl sites for hydroxylation is 2. The Labute approximate surface area is 121 Å². The predicted molar refractivity (Wildman–Crippen MR) is 79.6 cm³/mol. The minimum atomic E-state index is 0.158. The van der Waals surface area contributed by atoms with Gasteiger partial charge in [-0.2, -0.15) is 5.10 Å². The molecule has 0 saturated carbocycles. The quantitative estimate of drug-likeness (QED) is 0.925. The molecule has 1 aromatic rings. The lowest BCUT2D eigenvalue weighted by Crippen LogP contribution is -2.60. The van der Waals surface area contributed by atoms with Crippen LogP contribution >= 0.6 is 11.6 Å². The maximum Gasteiger partial charge on any atom is 0.0860 e. The highest BCUT2D eigenvalue weighted by atomic mass is 35.5. The monoisotopic (exact) mass is 284 g/mol. The Morgan fingerprint density at radius 3 is 2.79 bits per heavy atom. The molecule has 1 atom stereocenters. The standard InChI is InChI=1S/C14H25ClN4/c1-6-19-12(13(15)11(3)17-19)8-18-9-14(4,5)16-7-10(18)2/h10,16H,6-9H2,1-5H3. The maximum atomic E-state index is 6.41. The number of nitrogens with zero attached hydrogens (tertiary/aromatic N) is 3. The van der Waals surface area contributed by atoms with Crippen LogP contribution in [0.25, 0.3) is 0 Å². The van der Waals surface area contributed by atoms with Crippen molar-refractivity contribution in [1.82, 2.24) is 20.0 Å². The Balaban J connectivity index is 2.20. The van der Waals surface area contributed by atoms with Crippen LogP contribution < -0.4 is 5.32 Å². The molecule has 0 aromatic carbocycles. The SMILES string of the molecule is CCn1nc(C)c(Cl)c1CN1CC(C)(C)NCC1C. The predicted octanol–water partition coefficient (Wildman–Crippen LogP) is 2.44. The van der Waals surface area contributed by atoms with Gasteiger partial charge in [0.2, 0.25) is 0 Å². The molecule has 4 nitrogen and oxygen atoms in total. The molecule has 1 fully saturated rings. The Bertz CT molecular complexity index is 453. The Hall–Kier alpha value is -0.580. The fraction of sp³-hybridized carbons (Fsp3) is 0.786. The first-order valence-electron chi connectivity index (χ1n) is 7.05. The average molecular weight is 285 g/mol. The molecule has 19 heavy (non-hydrogen) atoms. The normalized spacial score (nSPS) is 23.8.